The van der Waals surface area contributed by atoms with Gasteiger partial charge in [-0.1, -0.05) is 6.07 Å². The third kappa shape index (κ3) is 3.46. The second kappa shape index (κ2) is 7.48. The maximum Gasteiger partial charge on any atom is 0.253 e. The van der Waals surface area contributed by atoms with Crippen LogP contribution in [-0.2, 0) is 13.0 Å². The van der Waals surface area contributed by atoms with E-state index >= 15 is 4.39 Å². The first-order valence-corrected chi connectivity index (χ1v) is 10.2. The van der Waals surface area contributed by atoms with Crippen molar-refractivity contribution in [2.45, 2.75) is 19.4 Å². The minimum atomic E-state index is -0.272. The summed E-state index contributed by atoms with van der Waals surface area (Å²) in [5.41, 5.74) is 2.68. The number of aromatic amines is 1. The number of H-pyrrole nitrogens is 1. The van der Waals surface area contributed by atoms with Crippen molar-refractivity contribution in [3.05, 3.63) is 63.8 Å². The molecule has 1 fully saturated rings. The standard InChI is InChI=1S/C22H24FN5O/c23-17-12-15(13-18-20(17)21-16(22(29)26-18)4-3-7-25-21)14-27-8-10-28(11-9-27)19-5-1-2-6-24-19/h1-2,5-6,12-13,25H,3-4,7-11,14H2,(H,26,29). The number of hydrogen-bond donors (Lipinski definition) is 2. The van der Waals surface area contributed by atoms with E-state index in [1.807, 2.05) is 30.5 Å². The van der Waals surface area contributed by atoms with E-state index in [2.05, 4.69) is 25.1 Å². The van der Waals surface area contributed by atoms with Crippen molar-refractivity contribution in [3.63, 3.8) is 0 Å². The predicted molar refractivity (Wildman–Crippen MR) is 113 cm³/mol. The fraction of sp³-hybridized carbons (Fsp3) is 0.364. The maximum atomic E-state index is 15.0. The first-order valence-electron chi connectivity index (χ1n) is 10.2. The quantitative estimate of drug-likeness (QED) is 0.716. The van der Waals surface area contributed by atoms with Crippen molar-refractivity contribution in [2.24, 2.45) is 0 Å². The number of nitrogens with zero attached hydrogens (tertiary/aromatic N) is 3. The van der Waals surface area contributed by atoms with E-state index in [1.165, 1.54) is 0 Å². The van der Waals surface area contributed by atoms with Gasteiger partial charge >= 0.3 is 0 Å². The SMILES string of the molecule is O=c1[nH]c2cc(CN3CCN(c4ccccn4)CC3)cc(F)c2c2c1CCCN2. The Balaban J connectivity index is 1.36. The molecule has 1 saturated heterocycles. The minimum Gasteiger partial charge on any atom is -0.384 e. The van der Waals surface area contributed by atoms with E-state index in [4.69, 9.17) is 0 Å². The molecule has 2 aromatic heterocycles. The van der Waals surface area contributed by atoms with Crippen molar-refractivity contribution >= 4 is 22.4 Å². The molecule has 0 amide bonds. The van der Waals surface area contributed by atoms with Crippen LogP contribution in [0.15, 0.2) is 41.3 Å². The van der Waals surface area contributed by atoms with Crippen LogP contribution in [0.25, 0.3) is 10.9 Å². The average Bonchev–Trinajstić information content (AvgIpc) is 2.75. The Morgan fingerprint density at radius 2 is 2.00 bits per heavy atom. The van der Waals surface area contributed by atoms with Gasteiger partial charge in [-0.15, -0.1) is 0 Å². The van der Waals surface area contributed by atoms with E-state index in [9.17, 15) is 4.79 Å². The Labute approximate surface area is 168 Å². The van der Waals surface area contributed by atoms with Crippen LogP contribution < -0.4 is 15.8 Å². The molecule has 1 aromatic carbocycles. The van der Waals surface area contributed by atoms with Crippen molar-refractivity contribution in [3.8, 4) is 0 Å². The maximum absolute atomic E-state index is 15.0. The highest BCUT2D eigenvalue weighted by atomic mass is 19.1. The summed E-state index contributed by atoms with van der Waals surface area (Å²) in [5, 5.41) is 3.73. The summed E-state index contributed by atoms with van der Waals surface area (Å²) in [6.07, 6.45) is 3.40. The number of nitrogens with one attached hydrogen (secondary N) is 2. The molecule has 4 heterocycles. The molecule has 0 spiro atoms. The molecule has 5 rings (SSSR count). The van der Waals surface area contributed by atoms with Crippen molar-refractivity contribution < 1.29 is 4.39 Å². The van der Waals surface area contributed by atoms with Gasteiger partial charge in [-0.3, -0.25) is 9.69 Å². The summed E-state index contributed by atoms with van der Waals surface area (Å²) in [6.45, 7) is 4.99. The zero-order chi connectivity index (χ0) is 19.8. The number of halogens is 1. The number of pyridine rings is 2. The molecular formula is C22H24FN5O. The largest absolute Gasteiger partial charge is 0.384 e. The van der Waals surface area contributed by atoms with E-state index < -0.39 is 0 Å². The van der Waals surface area contributed by atoms with Crippen LogP contribution >= 0.6 is 0 Å². The van der Waals surface area contributed by atoms with E-state index in [1.54, 1.807) is 6.07 Å². The van der Waals surface area contributed by atoms with Gasteiger partial charge in [-0.2, -0.15) is 0 Å². The Morgan fingerprint density at radius 1 is 1.14 bits per heavy atom. The van der Waals surface area contributed by atoms with Crippen LogP contribution in [0.5, 0.6) is 0 Å². The molecule has 0 atom stereocenters. The van der Waals surface area contributed by atoms with Gasteiger partial charge in [0.25, 0.3) is 5.56 Å². The molecule has 6 nitrogen and oxygen atoms in total. The Hall–Kier alpha value is -2.93. The Bertz CT molecular complexity index is 1090. The zero-order valence-corrected chi connectivity index (χ0v) is 16.2. The molecule has 2 N–H and O–H groups in total. The minimum absolute atomic E-state index is 0.111. The van der Waals surface area contributed by atoms with Crippen molar-refractivity contribution in [2.75, 3.05) is 42.9 Å². The normalized spacial score (nSPS) is 17.2. The topological polar surface area (TPSA) is 64.3 Å². The second-order valence-corrected chi connectivity index (χ2v) is 7.79. The van der Waals surface area contributed by atoms with Gasteiger partial charge in [0.1, 0.15) is 11.6 Å². The fourth-order valence-corrected chi connectivity index (χ4v) is 4.42. The third-order valence-corrected chi connectivity index (χ3v) is 5.88. The smallest absolute Gasteiger partial charge is 0.253 e. The predicted octanol–water partition coefficient (Wildman–Crippen LogP) is 2.74. The number of hydrogen-bond acceptors (Lipinski definition) is 5. The van der Waals surface area contributed by atoms with E-state index in [0.717, 1.165) is 50.5 Å². The Morgan fingerprint density at radius 3 is 2.79 bits per heavy atom. The molecule has 29 heavy (non-hydrogen) atoms. The van der Waals surface area contributed by atoms with Crippen LogP contribution in [0.4, 0.5) is 15.9 Å². The average molecular weight is 393 g/mol. The van der Waals surface area contributed by atoms with Gasteiger partial charge < -0.3 is 15.2 Å². The first-order chi connectivity index (χ1) is 14.2. The first kappa shape index (κ1) is 18.1. The molecule has 2 aliphatic rings. The van der Waals surface area contributed by atoms with Gasteiger partial charge in [-0.05, 0) is 42.7 Å². The molecule has 0 aliphatic carbocycles. The van der Waals surface area contributed by atoms with Crippen LogP contribution in [0.2, 0.25) is 0 Å². The number of aromatic nitrogens is 2. The number of fused-ring (bicyclic) bond motifs is 3. The summed E-state index contributed by atoms with van der Waals surface area (Å²) < 4.78 is 15.0. The monoisotopic (exact) mass is 393 g/mol. The van der Waals surface area contributed by atoms with Gasteiger partial charge in [0.15, 0.2) is 0 Å². The van der Waals surface area contributed by atoms with Crippen LogP contribution in [0, 0.1) is 5.82 Å². The molecule has 150 valence electrons. The van der Waals surface area contributed by atoms with Gasteiger partial charge in [0, 0.05) is 51.0 Å². The lowest BCUT2D eigenvalue weighted by Crippen LogP contribution is -2.46. The number of piperazine rings is 1. The lowest BCUT2D eigenvalue weighted by molar-refractivity contribution is 0.249. The molecule has 0 radical (unpaired) electrons. The second-order valence-electron chi connectivity index (χ2n) is 7.79. The van der Waals surface area contributed by atoms with Gasteiger partial charge in [-0.25, -0.2) is 9.37 Å². The molecule has 0 saturated carbocycles. The highest BCUT2D eigenvalue weighted by molar-refractivity contribution is 5.94. The molecular weight excluding hydrogens is 369 g/mol. The summed E-state index contributed by atoms with van der Waals surface area (Å²) in [5.74, 6) is 0.727. The zero-order valence-electron chi connectivity index (χ0n) is 16.2. The molecule has 0 unspecified atom stereocenters. The highest BCUT2D eigenvalue weighted by Gasteiger charge is 2.21. The van der Waals surface area contributed by atoms with Gasteiger partial charge in [0.05, 0.1) is 16.6 Å². The van der Waals surface area contributed by atoms with Crippen LogP contribution in [0.1, 0.15) is 17.5 Å². The van der Waals surface area contributed by atoms with E-state index in [-0.39, 0.29) is 11.4 Å². The molecule has 3 aromatic rings. The number of benzene rings is 1. The number of rotatable bonds is 3. The van der Waals surface area contributed by atoms with Crippen molar-refractivity contribution in [1.82, 2.24) is 14.9 Å². The summed E-state index contributed by atoms with van der Waals surface area (Å²) in [4.78, 5) is 24.3. The summed E-state index contributed by atoms with van der Waals surface area (Å²) in [7, 11) is 0. The Kier molecular flexibility index (Phi) is 4.67. The molecule has 7 heteroatoms. The lowest BCUT2D eigenvalue weighted by atomic mass is 10.00. The number of anilines is 2. The third-order valence-electron chi connectivity index (χ3n) is 5.88. The summed E-state index contributed by atoms with van der Waals surface area (Å²) >= 11 is 0. The van der Waals surface area contributed by atoms with Crippen LogP contribution in [-0.4, -0.2) is 47.6 Å². The summed E-state index contributed by atoms with van der Waals surface area (Å²) in [6, 6.07) is 9.48. The molecule has 0 bridgehead atoms. The van der Waals surface area contributed by atoms with Gasteiger partial charge in [0.2, 0.25) is 0 Å². The van der Waals surface area contributed by atoms with E-state index in [0.29, 0.717) is 35.1 Å². The fourth-order valence-electron chi connectivity index (χ4n) is 4.42. The highest BCUT2D eigenvalue weighted by Crippen LogP contribution is 2.30. The van der Waals surface area contributed by atoms with Crippen molar-refractivity contribution in [1.29, 1.82) is 0 Å². The lowest BCUT2D eigenvalue weighted by Gasteiger charge is -2.35. The van der Waals surface area contributed by atoms with Crippen LogP contribution in [0.3, 0.4) is 0 Å². The molecule has 2 aliphatic heterocycles.